The number of hydrogen-bond donors (Lipinski definition) is 3. The van der Waals surface area contributed by atoms with E-state index in [1.54, 1.807) is 0 Å². The molecule has 2 aliphatic carbocycles. The molecular formula is C27H32N2O5. The molecule has 7 heteroatoms. The van der Waals surface area contributed by atoms with Crippen LogP contribution in [0.4, 0.5) is 4.79 Å². The summed E-state index contributed by atoms with van der Waals surface area (Å²) >= 11 is 0. The van der Waals surface area contributed by atoms with Crippen LogP contribution in [-0.4, -0.2) is 41.8 Å². The third kappa shape index (κ3) is 5.76. The topological polar surface area (TPSA) is 105 Å². The van der Waals surface area contributed by atoms with Gasteiger partial charge in [0.25, 0.3) is 0 Å². The largest absolute Gasteiger partial charge is 0.481 e. The van der Waals surface area contributed by atoms with E-state index in [4.69, 9.17) is 9.84 Å². The highest BCUT2D eigenvalue weighted by Gasteiger charge is 2.33. The van der Waals surface area contributed by atoms with E-state index in [2.05, 4.69) is 34.9 Å². The standard InChI is InChI=1S/C27H32N2O5/c1-2-7-18(15-25(30)31)28-26(32)24(14-17-12-13-17)29-27(33)34-16-23-21-10-5-3-8-19(21)20-9-4-6-11-22(20)23/h3-6,8-11,17-18,23-24H,2,7,12-16H2,1H3,(H,28,32)(H,29,33)(H,30,31)/t18-,24?/m0/s1. The fraction of sp³-hybridized carbons (Fsp3) is 0.444. The summed E-state index contributed by atoms with van der Waals surface area (Å²) in [4.78, 5) is 36.8. The molecule has 2 aromatic rings. The molecule has 1 saturated carbocycles. The van der Waals surface area contributed by atoms with Crippen LogP contribution < -0.4 is 10.6 Å². The van der Waals surface area contributed by atoms with Crippen molar-refractivity contribution >= 4 is 18.0 Å². The number of rotatable bonds is 11. The minimum atomic E-state index is -0.956. The van der Waals surface area contributed by atoms with Gasteiger partial charge in [-0.15, -0.1) is 0 Å². The number of carboxylic acids is 1. The Kier molecular flexibility index (Phi) is 7.50. The lowest BCUT2D eigenvalue weighted by Crippen LogP contribution is -2.50. The normalized spacial score (nSPS) is 16.1. The maximum absolute atomic E-state index is 12.9. The fourth-order valence-electron chi connectivity index (χ4n) is 4.79. The Balaban J connectivity index is 1.39. The van der Waals surface area contributed by atoms with Gasteiger partial charge in [-0.1, -0.05) is 74.7 Å². The monoisotopic (exact) mass is 464 g/mol. The van der Waals surface area contributed by atoms with Gasteiger partial charge in [-0.2, -0.15) is 0 Å². The molecule has 180 valence electrons. The quantitative estimate of drug-likeness (QED) is 0.456. The Hall–Kier alpha value is -3.35. The number of hydrogen-bond acceptors (Lipinski definition) is 4. The maximum atomic E-state index is 12.9. The number of benzene rings is 2. The first-order chi connectivity index (χ1) is 16.5. The smallest absolute Gasteiger partial charge is 0.407 e. The highest BCUT2D eigenvalue weighted by Crippen LogP contribution is 2.44. The van der Waals surface area contributed by atoms with Crippen LogP contribution in [0, 0.1) is 5.92 Å². The molecule has 0 aromatic heterocycles. The van der Waals surface area contributed by atoms with Crippen molar-refractivity contribution in [1.29, 1.82) is 0 Å². The Morgan fingerprint density at radius 3 is 2.18 bits per heavy atom. The molecule has 7 nitrogen and oxygen atoms in total. The van der Waals surface area contributed by atoms with Crippen LogP contribution in [-0.2, 0) is 14.3 Å². The molecular weight excluding hydrogens is 432 g/mol. The maximum Gasteiger partial charge on any atom is 0.407 e. The van der Waals surface area contributed by atoms with E-state index in [-0.39, 0.29) is 24.9 Å². The third-order valence-corrected chi connectivity index (χ3v) is 6.62. The van der Waals surface area contributed by atoms with Crippen molar-refractivity contribution in [3.05, 3.63) is 59.7 Å². The number of carbonyl (C=O) groups excluding carboxylic acids is 2. The summed E-state index contributed by atoms with van der Waals surface area (Å²) in [6.07, 6.45) is 3.15. The van der Waals surface area contributed by atoms with Gasteiger partial charge in [0.05, 0.1) is 6.42 Å². The first-order valence-corrected chi connectivity index (χ1v) is 12.1. The molecule has 0 heterocycles. The van der Waals surface area contributed by atoms with Crippen LogP contribution in [0.2, 0.25) is 0 Å². The second kappa shape index (κ2) is 10.7. The van der Waals surface area contributed by atoms with E-state index >= 15 is 0 Å². The highest BCUT2D eigenvalue weighted by atomic mass is 16.5. The minimum absolute atomic E-state index is 0.0571. The zero-order valence-electron chi connectivity index (χ0n) is 19.5. The predicted octanol–water partition coefficient (Wildman–Crippen LogP) is 4.45. The van der Waals surface area contributed by atoms with E-state index in [0.717, 1.165) is 41.5 Å². The lowest BCUT2D eigenvalue weighted by molar-refractivity contribution is -0.137. The predicted molar refractivity (Wildman–Crippen MR) is 128 cm³/mol. The molecule has 4 rings (SSSR count). The molecule has 2 atom stereocenters. The summed E-state index contributed by atoms with van der Waals surface area (Å²) in [6.45, 7) is 2.12. The lowest BCUT2D eigenvalue weighted by atomic mass is 9.98. The van der Waals surface area contributed by atoms with E-state index in [1.165, 1.54) is 0 Å². The molecule has 34 heavy (non-hydrogen) atoms. The first-order valence-electron chi connectivity index (χ1n) is 12.1. The van der Waals surface area contributed by atoms with E-state index in [0.29, 0.717) is 18.8 Å². The van der Waals surface area contributed by atoms with Gasteiger partial charge >= 0.3 is 12.1 Å². The number of ether oxygens (including phenoxy) is 1. The van der Waals surface area contributed by atoms with Crippen LogP contribution in [0.3, 0.4) is 0 Å². The molecule has 0 bridgehead atoms. The van der Waals surface area contributed by atoms with Gasteiger partial charge in [0.1, 0.15) is 12.6 Å². The molecule has 1 fully saturated rings. The summed E-state index contributed by atoms with van der Waals surface area (Å²) < 4.78 is 5.62. The van der Waals surface area contributed by atoms with Crippen LogP contribution in [0.25, 0.3) is 11.1 Å². The van der Waals surface area contributed by atoms with Crippen molar-refractivity contribution in [2.75, 3.05) is 6.61 Å². The zero-order valence-corrected chi connectivity index (χ0v) is 19.5. The van der Waals surface area contributed by atoms with Crippen molar-refractivity contribution in [2.24, 2.45) is 5.92 Å². The van der Waals surface area contributed by atoms with Crippen LogP contribution in [0.15, 0.2) is 48.5 Å². The van der Waals surface area contributed by atoms with Gasteiger partial charge in [0.15, 0.2) is 0 Å². The number of carbonyl (C=O) groups is 3. The van der Waals surface area contributed by atoms with E-state index in [9.17, 15) is 14.4 Å². The second-order valence-corrected chi connectivity index (χ2v) is 9.29. The molecule has 2 aliphatic rings. The average molecular weight is 465 g/mol. The lowest BCUT2D eigenvalue weighted by Gasteiger charge is -2.23. The molecule has 0 aliphatic heterocycles. The van der Waals surface area contributed by atoms with Crippen molar-refractivity contribution in [2.45, 2.75) is 63.5 Å². The fourth-order valence-corrected chi connectivity index (χ4v) is 4.79. The summed E-state index contributed by atoms with van der Waals surface area (Å²) in [7, 11) is 0. The van der Waals surface area contributed by atoms with Gasteiger partial charge < -0.3 is 20.5 Å². The first kappa shape index (κ1) is 23.8. The summed E-state index contributed by atoms with van der Waals surface area (Å²) in [5, 5.41) is 14.7. The van der Waals surface area contributed by atoms with Crippen LogP contribution in [0.5, 0.6) is 0 Å². The van der Waals surface area contributed by atoms with Crippen molar-refractivity contribution in [3.8, 4) is 11.1 Å². The Morgan fingerprint density at radius 2 is 1.62 bits per heavy atom. The van der Waals surface area contributed by atoms with Gasteiger partial charge in [0.2, 0.25) is 5.91 Å². The van der Waals surface area contributed by atoms with E-state index < -0.39 is 24.1 Å². The molecule has 2 aromatic carbocycles. The highest BCUT2D eigenvalue weighted by molar-refractivity contribution is 5.86. The molecule has 2 amide bonds. The second-order valence-electron chi connectivity index (χ2n) is 9.29. The Morgan fingerprint density at radius 1 is 1.00 bits per heavy atom. The zero-order chi connectivity index (χ0) is 24.1. The number of alkyl carbamates (subject to hydrolysis) is 1. The number of aliphatic carboxylic acids is 1. The summed E-state index contributed by atoms with van der Waals surface area (Å²) in [5.41, 5.74) is 4.55. The van der Waals surface area contributed by atoms with Crippen molar-refractivity contribution < 1.29 is 24.2 Å². The number of nitrogens with one attached hydrogen (secondary N) is 2. The van der Waals surface area contributed by atoms with Gasteiger partial charge in [0, 0.05) is 12.0 Å². The van der Waals surface area contributed by atoms with Gasteiger partial charge in [-0.05, 0) is 41.0 Å². The van der Waals surface area contributed by atoms with Crippen molar-refractivity contribution in [3.63, 3.8) is 0 Å². The van der Waals surface area contributed by atoms with Gasteiger partial charge in [-0.25, -0.2) is 4.79 Å². The summed E-state index contributed by atoms with van der Waals surface area (Å²) in [6, 6.07) is 15.0. The Labute approximate surface area is 199 Å². The van der Waals surface area contributed by atoms with Crippen LogP contribution in [0.1, 0.15) is 62.5 Å². The average Bonchev–Trinajstić information content (AvgIpc) is 3.57. The number of fused-ring (bicyclic) bond motifs is 3. The SMILES string of the molecule is CCC[C@@H](CC(=O)O)NC(=O)C(CC1CC1)NC(=O)OCC1c2ccccc2-c2ccccc21. The molecule has 3 N–H and O–H groups in total. The van der Waals surface area contributed by atoms with Gasteiger partial charge in [-0.3, -0.25) is 9.59 Å². The third-order valence-electron chi connectivity index (χ3n) is 6.62. The molecule has 0 saturated heterocycles. The number of amides is 2. The molecule has 0 spiro atoms. The van der Waals surface area contributed by atoms with Crippen molar-refractivity contribution in [1.82, 2.24) is 10.6 Å². The number of carboxylic acid groups (broad SMARTS) is 1. The minimum Gasteiger partial charge on any atom is -0.481 e. The molecule has 0 radical (unpaired) electrons. The van der Waals surface area contributed by atoms with E-state index in [1.807, 2.05) is 31.2 Å². The van der Waals surface area contributed by atoms with Crippen LogP contribution >= 0.6 is 0 Å². The summed E-state index contributed by atoms with van der Waals surface area (Å²) in [5.74, 6) is -0.964. The Bertz CT molecular complexity index is 1000. The molecule has 1 unspecified atom stereocenters.